The largest absolute Gasteiger partial charge is 0.463 e. The lowest BCUT2D eigenvalue weighted by Gasteiger charge is -2.02. The van der Waals surface area contributed by atoms with Gasteiger partial charge in [-0.05, 0) is 38.5 Å². The maximum atomic E-state index is 10.8. The highest BCUT2D eigenvalue weighted by molar-refractivity contribution is 5.81. The van der Waals surface area contributed by atoms with Gasteiger partial charge in [0.05, 0.1) is 6.61 Å². The first-order valence-electron chi connectivity index (χ1n) is 9.40. The van der Waals surface area contributed by atoms with Crippen LogP contribution in [-0.2, 0) is 9.53 Å². The number of allylic oxidation sites excluding steroid dienone is 4. The second kappa shape index (κ2) is 18.7. The van der Waals surface area contributed by atoms with Crippen molar-refractivity contribution in [3.63, 3.8) is 0 Å². The first-order chi connectivity index (χ1) is 11.3. The fraction of sp³-hybridized carbons (Fsp3) is 0.667. The highest BCUT2D eigenvalue weighted by Crippen LogP contribution is 2.08. The van der Waals surface area contributed by atoms with Crippen LogP contribution in [0.15, 0.2) is 37.0 Å². The van der Waals surface area contributed by atoms with Crippen molar-refractivity contribution in [3.05, 3.63) is 37.0 Å². The van der Waals surface area contributed by atoms with Crippen molar-refractivity contribution in [2.45, 2.75) is 84.0 Å². The highest BCUT2D eigenvalue weighted by atomic mass is 16.5. The van der Waals surface area contributed by atoms with E-state index in [9.17, 15) is 4.79 Å². The van der Waals surface area contributed by atoms with Crippen molar-refractivity contribution in [3.8, 4) is 0 Å². The average Bonchev–Trinajstić information content (AvgIpc) is 2.57. The predicted molar refractivity (Wildman–Crippen MR) is 101 cm³/mol. The Bertz CT molecular complexity index is 329. The van der Waals surface area contributed by atoms with Crippen LogP contribution in [0.5, 0.6) is 0 Å². The molecule has 0 spiro atoms. The van der Waals surface area contributed by atoms with Gasteiger partial charge in [-0.1, -0.05) is 76.3 Å². The van der Waals surface area contributed by atoms with E-state index in [1.165, 1.54) is 63.9 Å². The van der Waals surface area contributed by atoms with Crippen molar-refractivity contribution >= 4 is 5.97 Å². The minimum atomic E-state index is -0.312. The molecule has 0 aromatic heterocycles. The molecule has 0 N–H and O–H groups in total. The van der Waals surface area contributed by atoms with Crippen LogP contribution in [0.25, 0.3) is 0 Å². The van der Waals surface area contributed by atoms with Crippen LogP contribution >= 0.6 is 0 Å². The molecule has 0 aliphatic heterocycles. The Morgan fingerprint density at radius 1 is 0.826 bits per heavy atom. The third-order valence-corrected chi connectivity index (χ3v) is 3.76. The van der Waals surface area contributed by atoms with Gasteiger partial charge in [0.2, 0.25) is 0 Å². The number of unbranched alkanes of at least 4 members (excludes halogenated alkanes) is 9. The Labute approximate surface area is 143 Å². The normalized spacial score (nSPS) is 11.3. The monoisotopic (exact) mass is 320 g/mol. The molecule has 0 fully saturated rings. The third kappa shape index (κ3) is 18.6. The van der Waals surface area contributed by atoms with Gasteiger partial charge >= 0.3 is 5.97 Å². The number of rotatable bonds is 16. The summed E-state index contributed by atoms with van der Waals surface area (Å²) in [7, 11) is 0. The Kier molecular flexibility index (Phi) is 17.7. The fourth-order valence-electron chi connectivity index (χ4n) is 2.32. The van der Waals surface area contributed by atoms with E-state index in [0.29, 0.717) is 6.61 Å². The van der Waals surface area contributed by atoms with Gasteiger partial charge in [0.15, 0.2) is 0 Å². The van der Waals surface area contributed by atoms with Crippen molar-refractivity contribution in [1.82, 2.24) is 0 Å². The van der Waals surface area contributed by atoms with Gasteiger partial charge in [-0.15, -0.1) is 0 Å². The van der Waals surface area contributed by atoms with Crippen LogP contribution in [-0.4, -0.2) is 12.6 Å². The second-order valence-corrected chi connectivity index (χ2v) is 5.96. The zero-order valence-electron chi connectivity index (χ0n) is 15.1. The number of carbonyl (C=O) groups is 1. The molecule has 0 rings (SSSR count). The summed E-state index contributed by atoms with van der Waals surface area (Å²) in [6.07, 6.45) is 25.1. The lowest BCUT2D eigenvalue weighted by atomic mass is 10.1. The van der Waals surface area contributed by atoms with Crippen molar-refractivity contribution < 1.29 is 9.53 Å². The van der Waals surface area contributed by atoms with Gasteiger partial charge in [-0.3, -0.25) is 0 Å². The summed E-state index contributed by atoms with van der Waals surface area (Å²) in [5.74, 6) is -0.312. The van der Waals surface area contributed by atoms with Crippen LogP contribution in [0.1, 0.15) is 84.0 Å². The molecule has 0 unspecified atom stereocenters. The molecule has 23 heavy (non-hydrogen) atoms. The third-order valence-electron chi connectivity index (χ3n) is 3.76. The summed E-state index contributed by atoms with van der Waals surface area (Å²) >= 11 is 0. The van der Waals surface area contributed by atoms with Crippen LogP contribution in [0.3, 0.4) is 0 Å². The molecule has 0 amide bonds. The molecule has 0 aliphatic carbocycles. The average molecular weight is 321 g/mol. The van der Waals surface area contributed by atoms with Crippen molar-refractivity contribution in [1.29, 1.82) is 0 Å². The maximum absolute atomic E-state index is 10.8. The first kappa shape index (κ1) is 21.7. The smallest absolute Gasteiger partial charge is 0.330 e. The molecular formula is C21H36O2. The molecule has 132 valence electrons. The summed E-state index contributed by atoms with van der Waals surface area (Å²) in [6, 6.07) is 0. The van der Waals surface area contributed by atoms with E-state index >= 15 is 0 Å². The second-order valence-electron chi connectivity index (χ2n) is 5.96. The summed E-state index contributed by atoms with van der Waals surface area (Å²) in [4.78, 5) is 10.8. The number of carbonyl (C=O) groups excluding carboxylic acids is 1. The highest BCUT2D eigenvalue weighted by Gasteiger charge is 1.95. The molecule has 2 heteroatoms. The van der Waals surface area contributed by atoms with Gasteiger partial charge in [0, 0.05) is 6.08 Å². The van der Waals surface area contributed by atoms with E-state index < -0.39 is 0 Å². The topological polar surface area (TPSA) is 26.3 Å². The Morgan fingerprint density at radius 3 is 2.00 bits per heavy atom. The lowest BCUT2D eigenvalue weighted by Crippen LogP contribution is -2.01. The summed E-state index contributed by atoms with van der Waals surface area (Å²) in [5, 5.41) is 0. The molecule has 0 radical (unpaired) electrons. The predicted octanol–water partition coefficient (Wildman–Crippen LogP) is 6.53. The Morgan fingerprint density at radius 2 is 1.39 bits per heavy atom. The molecule has 2 nitrogen and oxygen atoms in total. The number of esters is 1. The lowest BCUT2D eigenvalue weighted by molar-refractivity contribution is -0.137. The quantitative estimate of drug-likeness (QED) is 0.140. The SMILES string of the molecule is C=CC(=O)OCCCCCCCC/C=C\C/C=C/CCCCC. The van der Waals surface area contributed by atoms with E-state index in [-0.39, 0.29) is 5.97 Å². The maximum Gasteiger partial charge on any atom is 0.330 e. The molecule has 0 aliphatic rings. The minimum Gasteiger partial charge on any atom is -0.463 e. The summed E-state index contributed by atoms with van der Waals surface area (Å²) < 4.78 is 4.94. The van der Waals surface area contributed by atoms with Crippen LogP contribution < -0.4 is 0 Å². The van der Waals surface area contributed by atoms with Crippen LogP contribution in [0.2, 0.25) is 0 Å². The van der Waals surface area contributed by atoms with E-state index in [4.69, 9.17) is 4.74 Å². The molecule has 0 atom stereocenters. The van der Waals surface area contributed by atoms with Gasteiger partial charge in [0.1, 0.15) is 0 Å². The molecule has 0 saturated carbocycles. The first-order valence-corrected chi connectivity index (χ1v) is 9.40. The molecule has 0 saturated heterocycles. The molecule has 0 aromatic rings. The molecule has 0 aromatic carbocycles. The van der Waals surface area contributed by atoms with E-state index in [1.54, 1.807) is 0 Å². The molecular weight excluding hydrogens is 284 g/mol. The minimum absolute atomic E-state index is 0.312. The van der Waals surface area contributed by atoms with Gasteiger partial charge in [0.25, 0.3) is 0 Å². The van der Waals surface area contributed by atoms with Crippen LogP contribution in [0.4, 0.5) is 0 Å². The molecule has 0 bridgehead atoms. The fourth-order valence-corrected chi connectivity index (χ4v) is 2.32. The Balaban J connectivity index is 3.19. The summed E-state index contributed by atoms with van der Waals surface area (Å²) in [5.41, 5.74) is 0. The van der Waals surface area contributed by atoms with Gasteiger partial charge < -0.3 is 4.74 Å². The van der Waals surface area contributed by atoms with Gasteiger partial charge in [-0.2, -0.15) is 0 Å². The van der Waals surface area contributed by atoms with E-state index in [2.05, 4.69) is 37.8 Å². The number of hydrogen-bond acceptors (Lipinski definition) is 2. The van der Waals surface area contributed by atoms with Crippen molar-refractivity contribution in [2.75, 3.05) is 6.61 Å². The summed E-state index contributed by atoms with van der Waals surface area (Å²) in [6.45, 7) is 6.14. The van der Waals surface area contributed by atoms with Gasteiger partial charge in [-0.25, -0.2) is 4.79 Å². The molecule has 0 heterocycles. The zero-order chi connectivity index (χ0) is 17.0. The van der Waals surface area contributed by atoms with Crippen molar-refractivity contribution in [2.24, 2.45) is 0 Å². The van der Waals surface area contributed by atoms with Crippen LogP contribution in [0, 0.1) is 0 Å². The Hall–Kier alpha value is -1.31. The standard InChI is InChI=1S/C21H36O2/c1-3-5-6-7-8-9-10-11-12-13-14-15-16-17-18-19-20-23-21(22)4-2/h4,8-9,11-12H,2-3,5-7,10,13-20H2,1H3/b9-8+,12-11-. The van der Waals surface area contributed by atoms with E-state index in [0.717, 1.165) is 19.3 Å². The number of ether oxygens (including phenoxy) is 1. The van der Waals surface area contributed by atoms with E-state index in [1.807, 2.05) is 0 Å². The number of hydrogen-bond donors (Lipinski definition) is 0. The zero-order valence-corrected chi connectivity index (χ0v) is 15.1.